The monoisotopic (exact) mass is 243 g/mol. The predicted molar refractivity (Wildman–Crippen MR) is 64.2 cm³/mol. The van der Waals surface area contributed by atoms with Crippen LogP contribution in [0.4, 0.5) is 8.78 Å². The Balaban J connectivity index is 2.42. The first kappa shape index (κ1) is 13.9. The third kappa shape index (κ3) is 4.30. The van der Waals surface area contributed by atoms with Crippen LogP contribution in [0.25, 0.3) is 0 Å². The lowest BCUT2D eigenvalue weighted by Gasteiger charge is -2.24. The molecule has 0 bridgehead atoms. The molecule has 0 saturated carbocycles. The molecular formula is C13H19F2NO. The lowest BCUT2D eigenvalue weighted by Crippen LogP contribution is -2.40. The van der Waals surface area contributed by atoms with Gasteiger partial charge in [0.2, 0.25) is 0 Å². The molecule has 17 heavy (non-hydrogen) atoms. The van der Waals surface area contributed by atoms with Crippen molar-refractivity contribution in [1.29, 1.82) is 0 Å². The maximum absolute atomic E-state index is 13.2. The first-order valence-electron chi connectivity index (χ1n) is 5.78. The minimum Gasteiger partial charge on any atom is -0.486 e. The quantitative estimate of drug-likeness (QED) is 0.775. The third-order valence-corrected chi connectivity index (χ3v) is 2.75. The first-order chi connectivity index (χ1) is 7.96. The molecule has 0 atom stereocenters. The molecule has 0 aliphatic rings. The summed E-state index contributed by atoms with van der Waals surface area (Å²) in [6.45, 7) is 6.99. The maximum Gasteiger partial charge on any atom is 0.190 e. The molecule has 0 saturated heterocycles. The van der Waals surface area contributed by atoms with Gasteiger partial charge in [-0.3, -0.25) is 0 Å². The van der Waals surface area contributed by atoms with Crippen LogP contribution in [0.2, 0.25) is 0 Å². The SMILES string of the molecule is CCC(C)(C)NCCOc1c(F)cccc1F. The van der Waals surface area contributed by atoms with Gasteiger partial charge in [0, 0.05) is 12.1 Å². The summed E-state index contributed by atoms with van der Waals surface area (Å²) in [4.78, 5) is 0. The molecular weight excluding hydrogens is 224 g/mol. The second-order valence-corrected chi connectivity index (χ2v) is 4.56. The summed E-state index contributed by atoms with van der Waals surface area (Å²) in [6, 6.07) is 3.68. The Morgan fingerprint density at radius 2 is 1.82 bits per heavy atom. The van der Waals surface area contributed by atoms with E-state index in [9.17, 15) is 8.78 Å². The molecule has 0 aliphatic carbocycles. The lowest BCUT2D eigenvalue weighted by atomic mass is 10.0. The second-order valence-electron chi connectivity index (χ2n) is 4.56. The standard InChI is InChI=1S/C13H19F2NO/c1-4-13(2,3)16-8-9-17-12-10(14)6-5-7-11(12)15/h5-7,16H,4,8-9H2,1-3H3. The number of ether oxygens (including phenoxy) is 1. The number of hydrogen-bond acceptors (Lipinski definition) is 2. The molecule has 1 aromatic carbocycles. The van der Waals surface area contributed by atoms with Gasteiger partial charge < -0.3 is 10.1 Å². The van der Waals surface area contributed by atoms with E-state index in [-0.39, 0.29) is 17.9 Å². The fraction of sp³-hybridized carbons (Fsp3) is 0.538. The Bertz CT molecular complexity index is 346. The molecule has 0 amide bonds. The fourth-order valence-corrected chi connectivity index (χ4v) is 1.29. The maximum atomic E-state index is 13.2. The normalized spacial score (nSPS) is 11.6. The average Bonchev–Trinajstić information content (AvgIpc) is 2.27. The van der Waals surface area contributed by atoms with Crippen molar-refractivity contribution in [2.24, 2.45) is 0 Å². The summed E-state index contributed by atoms with van der Waals surface area (Å²) in [5.74, 6) is -1.64. The largest absolute Gasteiger partial charge is 0.486 e. The Kier molecular flexibility index (Phi) is 4.87. The van der Waals surface area contributed by atoms with Gasteiger partial charge in [-0.1, -0.05) is 13.0 Å². The summed E-state index contributed by atoms with van der Waals surface area (Å²) in [6.07, 6.45) is 0.973. The average molecular weight is 243 g/mol. The molecule has 96 valence electrons. The predicted octanol–water partition coefficient (Wildman–Crippen LogP) is 3.12. The van der Waals surface area contributed by atoms with Crippen LogP contribution in [-0.4, -0.2) is 18.7 Å². The van der Waals surface area contributed by atoms with E-state index < -0.39 is 11.6 Å². The van der Waals surface area contributed by atoms with E-state index >= 15 is 0 Å². The summed E-state index contributed by atoms with van der Waals surface area (Å²) in [5.41, 5.74) is 0.0110. The topological polar surface area (TPSA) is 21.3 Å². The number of hydrogen-bond donors (Lipinski definition) is 1. The molecule has 0 fully saturated rings. The van der Waals surface area contributed by atoms with Crippen LogP contribution in [0.5, 0.6) is 5.75 Å². The van der Waals surface area contributed by atoms with Crippen molar-refractivity contribution in [3.05, 3.63) is 29.8 Å². The Morgan fingerprint density at radius 3 is 2.35 bits per heavy atom. The molecule has 0 heterocycles. The lowest BCUT2D eigenvalue weighted by molar-refractivity contribution is 0.260. The summed E-state index contributed by atoms with van der Waals surface area (Å²) < 4.78 is 31.5. The van der Waals surface area contributed by atoms with Crippen molar-refractivity contribution in [2.45, 2.75) is 32.7 Å². The zero-order valence-electron chi connectivity index (χ0n) is 10.5. The Hall–Kier alpha value is -1.16. The number of rotatable bonds is 6. The fourth-order valence-electron chi connectivity index (χ4n) is 1.29. The van der Waals surface area contributed by atoms with Crippen LogP contribution < -0.4 is 10.1 Å². The zero-order valence-corrected chi connectivity index (χ0v) is 10.5. The molecule has 0 radical (unpaired) electrons. The van der Waals surface area contributed by atoms with Crippen molar-refractivity contribution in [1.82, 2.24) is 5.32 Å². The minimum absolute atomic E-state index is 0.0110. The van der Waals surface area contributed by atoms with E-state index in [1.807, 2.05) is 0 Å². The van der Waals surface area contributed by atoms with Crippen LogP contribution in [0.1, 0.15) is 27.2 Å². The molecule has 0 aliphatic heterocycles. The molecule has 4 heteroatoms. The van der Waals surface area contributed by atoms with Gasteiger partial charge in [0.15, 0.2) is 17.4 Å². The van der Waals surface area contributed by atoms with E-state index in [0.717, 1.165) is 6.42 Å². The molecule has 1 N–H and O–H groups in total. The van der Waals surface area contributed by atoms with E-state index in [1.54, 1.807) is 0 Å². The molecule has 1 rings (SSSR count). The summed E-state index contributed by atoms with van der Waals surface area (Å²) in [5, 5.41) is 3.25. The minimum atomic E-state index is -0.667. The van der Waals surface area contributed by atoms with Gasteiger partial charge in [0.05, 0.1) is 0 Å². The van der Waals surface area contributed by atoms with Gasteiger partial charge in [0.1, 0.15) is 6.61 Å². The van der Waals surface area contributed by atoms with Crippen LogP contribution in [0.3, 0.4) is 0 Å². The second kappa shape index (κ2) is 5.96. The highest BCUT2D eigenvalue weighted by Crippen LogP contribution is 2.20. The summed E-state index contributed by atoms with van der Waals surface area (Å²) >= 11 is 0. The van der Waals surface area contributed by atoms with E-state index in [4.69, 9.17) is 4.74 Å². The Morgan fingerprint density at radius 1 is 1.24 bits per heavy atom. The van der Waals surface area contributed by atoms with Crippen LogP contribution in [0, 0.1) is 11.6 Å². The number of para-hydroxylation sites is 1. The van der Waals surface area contributed by atoms with E-state index in [2.05, 4.69) is 26.1 Å². The highest BCUT2D eigenvalue weighted by Gasteiger charge is 2.14. The van der Waals surface area contributed by atoms with Crippen LogP contribution >= 0.6 is 0 Å². The third-order valence-electron chi connectivity index (χ3n) is 2.75. The molecule has 0 aromatic heterocycles. The highest BCUT2D eigenvalue weighted by molar-refractivity contribution is 5.25. The molecule has 2 nitrogen and oxygen atoms in total. The number of nitrogens with one attached hydrogen (secondary N) is 1. The number of benzene rings is 1. The highest BCUT2D eigenvalue weighted by atomic mass is 19.1. The smallest absolute Gasteiger partial charge is 0.190 e. The summed E-state index contributed by atoms with van der Waals surface area (Å²) in [7, 11) is 0. The zero-order chi connectivity index (χ0) is 12.9. The van der Waals surface area contributed by atoms with E-state index in [1.165, 1.54) is 18.2 Å². The van der Waals surface area contributed by atoms with Crippen molar-refractivity contribution in [3.8, 4) is 5.75 Å². The van der Waals surface area contributed by atoms with Crippen LogP contribution in [-0.2, 0) is 0 Å². The van der Waals surface area contributed by atoms with Gasteiger partial charge >= 0.3 is 0 Å². The van der Waals surface area contributed by atoms with Gasteiger partial charge in [-0.2, -0.15) is 0 Å². The van der Waals surface area contributed by atoms with Crippen molar-refractivity contribution in [2.75, 3.05) is 13.2 Å². The Labute approximate surface area is 101 Å². The van der Waals surface area contributed by atoms with Crippen molar-refractivity contribution in [3.63, 3.8) is 0 Å². The van der Waals surface area contributed by atoms with Gasteiger partial charge in [0.25, 0.3) is 0 Å². The molecule has 1 aromatic rings. The first-order valence-corrected chi connectivity index (χ1v) is 5.78. The van der Waals surface area contributed by atoms with Crippen LogP contribution in [0.15, 0.2) is 18.2 Å². The van der Waals surface area contributed by atoms with Gasteiger partial charge in [-0.15, -0.1) is 0 Å². The van der Waals surface area contributed by atoms with Gasteiger partial charge in [-0.25, -0.2) is 8.78 Å². The molecule has 0 spiro atoms. The van der Waals surface area contributed by atoms with Gasteiger partial charge in [-0.05, 0) is 32.4 Å². The number of halogens is 2. The molecule has 0 unspecified atom stereocenters. The van der Waals surface area contributed by atoms with E-state index in [0.29, 0.717) is 6.54 Å². The van der Waals surface area contributed by atoms with Crippen molar-refractivity contribution < 1.29 is 13.5 Å². The van der Waals surface area contributed by atoms with Crippen molar-refractivity contribution >= 4 is 0 Å².